The number of nitrogens with zero attached hydrogens (tertiary/aromatic N) is 1. The van der Waals surface area contributed by atoms with Crippen molar-refractivity contribution in [3.8, 4) is 0 Å². The summed E-state index contributed by atoms with van der Waals surface area (Å²) in [7, 11) is 0. The number of β-amino-alcohol motifs (C(OH)–C–C–N with tert-alkyl or cyclic N) is 1. The van der Waals surface area contributed by atoms with Crippen molar-refractivity contribution in [2.45, 2.75) is 31.9 Å². The molecule has 1 aromatic carbocycles. The maximum absolute atomic E-state index is 13.5. The first kappa shape index (κ1) is 13.0. The molecule has 0 aromatic heterocycles. The minimum Gasteiger partial charge on any atom is -0.387 e. The summed E-state index contributed by atoms with van der Waals surface area (Å²) in [5, 5.41) is 10.0. The zero-order valence-corrected chi connectivity index (χ0v) is 11.5. The fourth-order valence-corrected chi connectivity index (χ4v) is 2.84. The van der Waals surface area contributed by atoms with Gasteiger partial charge in [-0.25, -0.2) is 4.39 Å². The van der Waals surface area contributed by atoms with Gasteiger partial charge >= 0.3 is 0 Å². The molecule has 1 aliphatic rings. The van der Waals surface area contributed by atoms with Gasteiger partial charge in [-0.15, -0.1) is 0 Å². The summed E-state index contributed by atoms with van der Waals surface area (Å²) in [4.78, 5) is 2.07. The minimum atomic E-state index is -0.544. The second-order valence-electron chi connectivity index (χ2n) is 4.86. The highest BCUT2D eigenvalue weighted by Gasteiger charge is 2.39. The van der Waals surface area contributed by atoms with Crippen LogP contribution in [0.25, 0.3) is 0 Å². The summed E-state index contributed by atoms with van der Waals surface area (Å²) in [5.41, 5.74) is 0.134. The Labute approximate surface area is 110 Å². The maximum atomic E-state index is 13.5. The van der Waals surface area contributed by atoms with Gasteiger partial charge in [0.1, 0.15) is 5.82 Å². The Hall–Kier alpha value is -0.450. The van der Waals surface area contributed by atoms with Crippen molar-refractivity contribution in [1.29, 1.82) is 0 Å². The number of hydrogen-bond acceptors (Lipinski definition) is 2. The van der Waals surface area contributed by atoms with Crippen LogP contribution in [0.2, 0.25) is 0 Å². The zero-order valence-electron chi connectivity index (χ0n) is 9.92. The van der Waals surface area contributed by atoms with Crippen LogP contribution in [-0.4, -0.2) is 28.7 Å². The van der Waals surface area contributed by atoms with Gasteiger partial charge in [-0.05, 0) is 24.6 Å². The summed E-state index contributed by atoms with van der Waals surface area (Å²) >= 11 is 3.34. The van der Waals surface area contributed by atoms with E-state index in [0.29, 0.717) is 25.2 Å². The summed E-state index contributed by atoms with van der Waals surface area (Å²) < 4.78 is 14.4. The van der Waals surface area contributed by atoms with Crippen molar-refractivity contribution in [1.82, 2.24) is 4.90 Å². The Bertz CT molecular complexity index is 404. The number of hydrogen-bond donors (Lipinski definition) is 1. The number of likely N-dealkylation sites (tertiary alicyclic amines) is 1. The van der Waals surface area contributed by atoms with Gasteiger partial charge in [0, 0.05) is 29.7 Å². The minimum absolute atomic E-state index is 0.181. The van der Waals surface area contributed by atoms with Gasteiger partial charge in [0.15, 0.2) is 0 Å². The molecule has 94 valence electrons. The molecular weight excluding hydrogens is 285 g/mol. The van der Waals surface area contributed by atoms with Gasteiger partial charge in [-0.2, -0.15) is 0 Å². The summed E-state index contributed by atoms with van der Waals surface area (Å²) in [5.74, 6) is -0.181. The summed E-state index contributed by atoms with van der Waals surface area (Å²) in [6.07, 6.45) is 1.81. The normalized spacial score (nSPS) is 19.1. The topological polar surface area (TPSA) is 23.5 Å². The summed E-state index contributed by atoms with van der Waals surface area (Å²) in [6, 6.07) is 4.96. The van der Waals surface area contributed by atoms with E-state index in [1.807, 2.05) is 0 Å². The fourth-order valence-electron chi connectivity index (χ4n) is 2.43. The van der Waals surface area contributed by atoms with Crippen molar-refractivity contribution in [2.75, 3.05) is 13.1 Å². The Morgan fingerprint density at radius 1 is 1.47 bits per heavy atom. The van der Waals surface area contributed by atoms with Crippen molar-refractivity contribution in [3.05, 3.63) is 34.1 Å². The average Bonchev–Trinajstić information content (AvgIpc) is 2.21. The summed E-state index contributed by atoms with van der Waals surface area (Å²) in [6.45, 7) is 3.92. The van der Waals surface area contributed by atoms with Crippen LogP contribution in [-0.2, 0) is 6.54 Å². The van der Waals surface area contributed by atoms with Crippen LogP contribution in [0.1, 0.15) is 25.3 Å². The van der Waals surface area contributed by atoms with Crippen LogP contribution < -0.4 is 0 Å². The molecule has 0 saturated carbocycles. The van der Waals surface area contributed by atoms with Crippen LogP contribution in [0.15, 0.2) is 22.7 Å². The molecule has 1 aliphatic heterocycles. The van der Waals surface area contributed by atoms with Crippen LogP contribution in [0, 0.1) is 5.82 Å². The number of benzene rings is 1. The van der Waals surface area contributed by atoms with E-state index in [9.17, 15) is 9.50 Å². The lowest BCUT2D eigenvalue weighted by Gasteiger charge is -2.46. The second-order valence-corrected chi connectivity index (χ2v) is 5.77. The molecule has 0 aliphatic carbocycles. The van der Waals surface area contributed by atoms with Crippen LogP contribution in [0.3, 0.4) is 0 Å². The average molecular weight is 302 g/mol. The molecule has 17 heavy (non-hydrogen) atoms. The van der Waals surface area contributed by atoms with Crippen molar-refractivity contribution in [3.63, 3.8) is 0 Å². The molecule has 4 heteroatoms. The predicted octanol–water partition coefficient (Wildman–Crippen LogP) is 2.94. The smallest absolute Gasteiger partial charge is 0.127 e. The number of halogens is 2. The predicted molar refractivity (Wildman–Crippen MR) is 69.2 cm³/mol. The van der Waals surface area contributed by atoms with Crippen molar-refractivity contribution < 1.29 is 9.50 Å². The molecule has 1 aromatic rings. The molecular formula is C13H17BrFNO. The van der Waals surface area contributed by atoms with Crippen molar-refractivity contribution in [2.24, 2.45) is 0 Å². The molecule has 1 fully saturated rings. The first-order valence-electron chi connectivity index (χ1n) is 5.91. The standard InChI is InChI=1S/C13H17BrFNO/c1-2-5-13(17)8-16(9-13)7-10-6-11(14)3-4-12(10)15/h3-4,6,17H,2,5,7-9H2,1H3. The van der Waals surface area contributed by atoms with Crippen LogP contribution in [0.5, 0.6) is 0 Å². The second kappa shape index (κ2) is 5.04. The maximum Gasteiger partial charge on any atom is 0.127 e. The Balaban J connectivity index is 1.93. The van der Waals surface area contributed by atoms with Gasteiger partial charge in [-0.1, -0.05) is 29.3 Å². The molecule has 0 spiro atoms. The van der Waals surface area contributed by atoms with Gasteiger partial charge in [-0.3, -0.25) is 4.90 Å². The molecule has 0 radical (unpaired) electrons. The molecule has 1 heterocycles. The van der Waals surface area contributed by atoms with E-state index in [1.165, 1.54) is 6.07 Å². The molecule has 0 unspecified atom stereocenters. The molecule has 2 nitrogen and oxygen atoms in total. The Morgan fingerprint density at radius 2 is 2.18 bits per heavy atom. The fraction of sp³-hybridized carbons (Fsp3) is 0.538. The quantitative estimate of drug-likeness (QED) is 0.924. The van der Waals surface area contributed by atoms with E-state index < -0.39 is 5.60 Å². The van der Waals surface area contributed by atoms with Crippen LogP contribution >= 0.6 is 15.9 Å². The van der Waals surface area contributed by atoms with Gasteiger partial charge in [0.2, 0.25) is 0 Å². The molecule has 2 rings (SSSR count). The first-order chi connectivity index (χ1) is 8.02. The van der Waals surface area contributed by atoms with Gasteiger partial charge < -0.3 is 5.11 Å². The highest BCUT2D eigenvalue weighted by molar-refractivity contribution is 9.10. The monoisotopic (exact) mass is 301 g/mol. The Kier molecular flexibility index (Phi) is 3.85. The third-order valence-corrected chi connectivity index (χ3v) is 3.65. The van der Waals surface area contributed by atoms with E-state index in [0.717, 1.165) is 17.3 Å². The third-order valence-electron chi connectivity index (χ3n) is 3.15. The third kappa shape index (κ3) is 3.06. The molecule has 0 bridgehead atoms. The zero-order chi connectivity index (χ0) is 12.5. The molecule has 1 N–H and O–H groups in total. The molecule has 0 amide bonds. The molecule has 1 saturated heterocycles. The van der Waals surface area contributed by atoms with E-state index in [4.69, 9.17) is 0 Å². The largest absolute Gasteiger partial charge is 0.387 e. The van der Waals surface area contributed by atoms with E-state index >= 15 is 0 Å². The number of rotatable bonds is 4. The first-order valence-corrected chi connectivity index (χ1v) is 6.70. The lowest BCUT2D eigenvalue weighted by Crippen LogP contribution is -2.61. The highest BCUT2D eigenvalue weighted by atomic mass is 79.9. The van der Waals surface area contributed by atoms with E-state index in [2.05, 4.69) is 27.8 Å². The van der Waals surface area contributed by atoms with Crippen LogP contribution in [0.4, 0.5) is 4.39 Å². The van der Waals surface area contributed by atoms with Gasteiger partial charge in [0.25, 0.3) is 0 Å². The molecule has 0 atom stereocenters. The van der Waals surface area contributed by atoms with Crippen molar-refractivity contribution >= 4 is 15.9 Å². The highest BCUT2D eigenvalue weighted by Crippen LogP contribution is 2.28. The lowest BCUT2D eigenvalue weighted by atomic mass is 9.89. The van der Waals surface area contributed by atoms with E-state index in [-0.39, 0.29) is 5.82 Å². The Morgan fingerprint density at radius 3 is 2.82 bits per heavy atom. The lowest BCUT2D eigenvalue weighted by molar-refractivity contribution is -0.107. The van der Waals surface area contributed by atoms with Gasteiger partial charge in [0.05, 0.1) is 5.60 Å². The number of aliphatic hydroxyl groups is 1. The SMILES string of the molecule is CCCC1(O)CN(Cc2cc(Br)ccc2F)C1. The van der Waals surface area contributed by atoms with E-state index in [1.54, 1.807) is 12.1 Å².